The summed E-state index contributed by atoms with van der Waals surface area (Å²) in [4.78, 5) is 35.9. The number of nitrogens with two attached hydrogens (primary N) is 1. The van der Waals surface area contributed by atoms with Gasteiger partial charge in [-0.1, -0.05) is 0 Å². The Bertz CT molecular complexity index is 514. The molecule has 1 aromatic rings. The summed E-state index contributed by atoms with van der Waals surface area (Å²) >= 11 is 0. The van der Waals surface area contributed by atoms with Crippen molar-refractivity contribution in [2.45, 2.75) is 25.8 Å². The average Bonchev–Trinajstić information content (AvgIpc) is 2.55. The lowest BCUT2D eigenvalue weighted by molar-refractivity contribution is -0.131. The molecule has 2 rings (SSSR count). The Labute approximate surface area is 136 Å². The number of piperazine rings is 1. The summed E-state index contributed by atoms with van der Waals surface area (Å²) < 4.78 is 0. The zero-order chi connectivity index (χ0) is 16.7. The van der Waals surface area contributed by atoms with E-state index in [0.29, 0.717) is 45.1 Å². The van der Waals surface area contributed by atoms with Crippen LogP contribution in [0.2, 0.25) is 0 Å². The molecule has 3 N–H and O–H groups in total. The third-order valence-electron chi connectivity index (χ3n) is 3.64. The van der Waals surface area contributed by atoms with Gasteiger partial charge in [-0.3, -0.25) is 9.59 Å². The van der Waals surface area contributed by atoms with Crippen molar-refractivity contribution in [2.75, 3.05) is 37.6 Å². The normalized spacial score (nSPS) is 16.1. The predicted octanol–water partition coefficient (Wildman–Crippen LogP) is -0.631. The smallest absolute Gasteiger partial charge is 0.225 e. The Morgan fingerprint density at radius 3 is 2.52 bits per heavy atom. The molecule has 1 aliphatic heterocycles. The fourth-order valence-electron chi connectivity index (χ4n) is 2.44. The summed E-state index contributed by atoms with van der Waals surface area (Å²) in [6.45, 7) is 4.85. The van der Waals surface area contributed by atoms with Crippen molar-refractivity contribution in [1.29, 1.82) is 0 Å². The summed E-state index contributed by atoms with van der Waals surface area (Å²) in [6.07, 6.45) is 4.02. The minimum atomic E-state index is -0.168. The van der Waals surface area contributed by atoms with Crippen LogP contribution in [0.5, 0.6) is 0 Å². The number of rotatable bonds is 6. The maximum atomic E-state index is 12.1. The van der Waals surface area contributed by atoms with Crippen LogP contribution in [0.3, 0.4) is 0 Å². The lowest BCUT2D eigenvalue weighted by Gasteiger charge is -2.34. The van der Waals surface area contributed by atoms with Crippen LogP contribution in [-0.2, 0) is 9.59 Å². The van der Waals surface area contributed by atoms with E-state index in [0.717, 1.165) is 0 Å². The van der Waals surface area contributed by atoms with Crippen LogP contribution in [-0.4, -0.2) is 65.4 Å². The van der Waals surface area contributed by atoms with Gasteiger partial charge in [-0.15, -0.1) is 0 Å². The Morgan fingerprint density at radius 2 is 1.91 bits per heavy atom. The van der Waals surface area contributed by atoms with Gasteiger partial charge >= 0.3 is 0 Å². The number of nitrogens with zero attached hydrogens (tertiary/aromatic N) is 4. The summed E-state index contributed by atoms with van der Waals surface area (Å²) in [5.74, 6) is 0.640. The van der Waals surface area contributed by atoms with Crippen LogP contribution in [0, 0.1) is 0 Å². The molecule has 8 nitrogen and oxygen atoms in total. The van der Waals surface area contributed by atoms with Gasteiger partial charge < -0.3 is 20.9 Å². The molecule has 1 atom stereocenters. The Morgan fingerprint density at radius 1 is 1.26 bits per heavy atom. The highest BCUT2D eigenvalue weighted by Crippen LogP contribution is 2.10. The minimum absolute atomic E-state index is 0.0553. The van der Waals surface area contributed by atoms with Crippen LogP contribution >= 0.6 is 0 Å². The third-order valence-corrected chi connectivity index (χ3v) is 3.64. The summed E-state index contributed by atoms with van der Waals surface area (Å²) in [7, 11) is 0. The average molecular weight is 320 g/mol. The second-order valence-corrected chi connectivity index (χ2v) is 5.70. The zero-order valence-corrected chi connectivity index (χ0v) is 13.4. The first-order valence-corrected chi connectivity index (χ1v) is 7.88. The van der Waals surface area contributed by atoms with E-state index in [1.54, 1.807) is 25.4 Å². The molecule has 0 aromatic carbocycles. The maximum absolute atomic E-state index is 12.1. The van der Waals surface area contributed by atoms with Gasteiger partial charge in [0.25, 0.3) is 0 Å². The molecule has 0 bridgehead atoms. The van der Waals surface area contributed by atoms with Crippen molar-refractivity contribution in [3.05, 3.63) is 18.5 Å². The Hall–Kier alpha value is -2.22. The van der Waals surface area contributed by atoms with Gasteiger partial charge in [0.15, 0.2) is 0 Å². The first-order chi connectivity index (χ1) is 11.1. The Balaban J connectivity index is 1.68. The van der Waals surface area contributed by atoms with Crippen molar-refractivity contribution in [3.8, 4) is 0 Å². The van der Waals surface area contributed by atoms with Crippen LogP contribution in [0.4, 0.5) is 5.95 Å². The lowest BCUT2D eigenvalue weighted by Crippen LogP contribution is -2.49. The number of hydrogen-bond donors (Lipinski definition) is 2. The van der Waals surface area contributed by atoms with Crippen LogP contribution < -0.4 is 16.0 Å². The van der Waals surface area contributed by atoms with Gasteiger partial charge in [0, 0.05) is 64.0 Å². The Kier molecular flexibility index (Phi) is 6.28. The van der Waals surface area contributed by atoms with E-state index in [2.05, 4.69) is 20.2 Å². The number of nitrogens with one attached hydrogen (secondary N) is 1. The molecule has 126 valence electrons. The molecule has 2 heterocycles. The quantitative estimate of drug-likeness (QED) is 0.723. The van der Waals surface area contributed by atoms with Gasteiger partial charge in [0.1, 0.15) is 0 Å². The third kappa shape index (κ3) is 5.48. The highest BCUT2D eigenvalue weighted by atomic mass is 16.2. The van der Waals surface area contributed by atoms with Crippen LogP contribution in [0.15, 0.2) is 18.5 Å². The molecule has 0 spiro atoms. The number of hydrogen-bond acceptors (Lipinski definition) is 6. The van der Waals surface area contributed by atoms with Gasteiger partial charge in [-0.25, -0.2) is 9.97 Å². The van der Waals surface area contributed by atoms with Crippen molar-refractivity contribution in [2.24, 2.45) is 5.73 Å². The van der Waals surface area contributed by atoms with E-state index in [-0.39, 0.29) is 24.3 Å². The largest absolute Gasteiger partial charge is 0.356 e. The fourth-order valence-corrected chi connectivity index (χ4v) is 2.44. The van der Waals surface area contributed by atoms with Gasteiger partial charge in [-0.05, 0) is 13.0 Å². The summed E-state index contributed by atoms with van der Waals surface area (Å²) in [5, 5.41) is 2.72. The number of carbonyl (C=O) groups excluding carboxylic acids is 2. The highest BCUT2D eigenvalue weighted by Gasteiger charge is 2.22. The van der Waals surface area contributed by atoms with Crippen LogP contribution in [0.1, 0.15) is 19.8 Å². The number of anilines is 1. The van der Waals surface area contributed by atoms with E-state index >= 15 is 0 Å². The predicted molar refractivity (Wildman–Crippen MR) is 86.7 cm³/mol. The van der Waals surface area contributed by atoms with E-state index < -0.39 is 0 Å². The van der Waals surface area contributed by atoms with Gasteiger partial charge in [0.2, 0.25) is 17.8 Å². The van der Waals surface area contributed by atoms with E-state index in [9.17, 15) is 9.59 Å². The first kappa shape index (κ1) is 17.1. The standard InChI is InChI=1S/C15H24N6O2/c1-12(16)11-13(22)17-6-3-14(23)20-7-9-21(10-8-20)15-18-4-2-5-19-15/h2,4-5,12H,3,6-11,16H2,1H3,(H,17,22). The van der Waals surface area contributed by atoms with Gasteiger partial charge in [-0.2, -0.15) is 0 Å². The van der Waals surface area contributed by atoms with Crippen LogP contribution in [0.25, 0.3) is 0 Å². The molecule has 1 saturated heterocycles. The van der Waals surface area contributed by atoms with Crippen molar-refractivity contribution in [1.82, 2.24) is 20.2 Å². The monoisotopic (exact) mass is 320 g/mol. The maximum Gasteiger partial charge on any atom is 0.225 e. The molecule has 23 heavy (non-hydrogen) atoms. The molecule has 8 heteroatoms. The molecule has 1 unspecified atom stereocenters. The number of amides is 2. The number of aromatic nitrogens is 2. The molecular weight excluding hydrogens is 296 g/mol. The summed E-state index contributed by atoms with van der Waals surface area (Å²) in [5.41, 5.74) is 5.55. The second kappa shape index (κ2) is 8.42. The van der Waals surface area contributed by atoms with E-state index in [1.165, 1.54) is 0 Å². The first-order valence-electron chi connectivity index (χ1n) is 7.88. The molecule has 0 aliphatic carbocycles. The van der Waals surface area contributed by atoms with E-state index in [4.69, 9.17) is 5.73 Å². The van der Waals surface area contributed by atoms with Crippen molar-refractivity contribution in [3.63, 3.8) is 0 Å². The van der Waals surface area contributed by atoms with Gasteiger partial charge in [0.05, 0.1) is 0 Å². The fraction of sp³-hybridized carbons (Fsp3) is 0.600. The SMILES string of the molecule is CC(N)CC(=O)NCCC(=O)N1CCN(c2ncccn2)CC1. The molecule has 2 amide bonds. The zero-order valence-electron chi connectivity index (χ0n) is 13.4. The number of carbonyl (C=O) groups is 2. The topological polar surface area (TPSA) is 104 Å². The van der Waals surface area contributed by atoms with Crippen molar-refractivity contribution >= 4 is 17.8 Å². The molecule has 0 saturated carbocycles. The second-order valence-electron chi connectivity index (χ2n) is 5.70. The highest BCUT2D eigenvalue weighted by molar-refractivity contribution is 5.79. The molecule has 0 radical (unpaired) electrons. The molecular formula is C15H24N6O2. The molecule has 1 aliphatic rings. The molecule has 1 aromatic heterocycles. The lowest BCUT2D eigenvalue weighted by atomic mass is 10.2. The van der Waals surface area contributed by atoms with Crippen molar-refractivity contribution < 1.29 is 9.59 Å². The summed E-state index contributed by atoms with van der Waals surface area (Å²) in [6, 6.07) is 1.61. The van der Waals surface area contributed by atoms with E-state index in [1.807, 2.05) is 4.90 Å². The molecule has 1 fully saturated rings. The minimum Gasteiger partial charge on any atom is -0.356 e.